The number of carboxylic acid groups (broad SMARTS) is 1. The SMILES string of the molecule is CC(C)(CC(=O)O)NC(=O)c1ccnc(CN)c1. The number of aromatic nitrogens is 1. The van der Waals surface area contributed by atoms with Crippen molar-refractivity contribution >= 4 is 11.9 Å². The molecule has 0 saturated carbocycles. The van der Waals surface area contributed by atoms with Gasteiger partial charge in [-0.1, -0.05) is 0 Å². The minimum Gasteiger partial charge on any atom is -0.481 e. The summed E-state index contributed by atoms with van der Waals surface area (Å²) in [6.45, 7) is 3.56. The molecule has 4 N–H and O–H groups in total. The number of carbonyl (C=O) groups is 2. The van der Waals surface area contributed by atoms with Gasteiger partial charge in [0.15, 0.2) is 0 Å². The maximum atomic E-state index is 11.9. The van der Waals surface area contributed by atoms with E-state index in [2.05, 4.69) is 10.3 Å². The van der Waals surface area contributed by atoms with Crippen LogP contribution in [0, 0.1) is 0 Å². The average Bonchev–Trinajstić information content (AvgIpc) is 2.26. The van der Waals surface area contributed by atoms with E-state index >= 15 is 0 Å². The second-order valence-corrected chi connectivity index (χ2v) is 4.65. The molecule has 1 heterocycles. The van der Waals surface area contributed by atoms with Gasteiger partial charge in [0, 0.05) is 23.8 Å². The third kappa shape index (κ3) is 4.14. The molecule has 0 aromatic carbocycles. The lowest BCUT2D eigenvalue weighted by Crippen LogP contribution is -2.45. The van der Waals surface area contributed by atoms with Gasteiger partial charge in [-0.25, -0.2) is 0 Å². The number of carbonyl (C=O) groups excluding carboxylic acids is 1. The molecule has 0 atom stereocenters. The van der Waals surface area contributed by atoms with Gasteiger partial charge in [0.25, 0.3) is 5.91 Å². The van der Waals surface area contributed by atoms with Gasteiger partial charge >= 0.3 is 5.97 Å². The highest BCUT2D eigenvalue weighted by Gasteiger charge is 2.24. The fraction of sp³-hybridized carbons (Fsp3) is 0.417. The van der Waals surface area contributed by atoms with Crippen LogP contribution in [0.15, 0.2) is 18.3 Å². The molecule has 18 heavy (non-hydrogen) atoms. The number of aliphatic carboxylic acids is 1. The molecule has 0 aliphatic carbocycles. The smallest absolute Gasteiger partial charge is 0.305 e. The predicted molar refractivity (Wildman–Crippen MR) is 65.9 cm³/mol. The number of pyridine rings is 1. The molecule has 0 fully saturated rings. The van der Waals surface area contributed by atoms with Crippen molar-refractivity contribution in [2.45, 2.75) is 32.4 Å². The van der Waals surface area contributed by atoms with Crippen molar-refractivity contribution in [2.75, 3.05) is 0 Å². The maximum absolute atomic E-state index is 11.9. The van der Waals surface area contributed by atoms with E-state index < -0.39 is 11.5 Å². The lowest BCUT2D eigenvalue weighted by atomic mass is 10.00. The number of nitrogens with zero attached hydrogens (tertiary/aromatic N) is 1. The topological polar surface area (TPSA) is 105 Å². The normalized spacial score (nSPS) is 11.1. The summed E-state index contributed by atoms with van der Waals surface area (Å²) in [5.74, 6) is -1.30. The first-order valence-electron chi connectivity index (χ1n) is 5.53. The van der Waals surface area contributed by atoms with E-state index in [1.807, 2.05) is 0 Å². The fourth-order valence-electron chi connectivity index (χ4n) is 1.53. The molecule has 0 radical (unpaired) electrons. The third-order valence-corrected chi connectivity index (χ3v) is 2.33. The van der Waals surface area contributed by atoms with Crippen LogP contribution in [0.3, 0.4) is 0 Å². The molecule has 0 aliphatic rings. The van der Waals surface area contributed by atoms with Crippen LogP contribution in [0.5, 0.6) is 0 Å². The zero-order valence-electron chi connectivity index (χ0n) is 10.4. The van der Waals surface area contributed by atoms with Crippen molar-refractivity contribution < 1.29 is 14.7 Å². The summed E-state index contributed by atoms with van der Waals surface area (Å²) in [4.78, 5) is 26.6. The molecule has 0 unspecified atom stereocenters. The van der Waals surface area contributed by atoms with E-state index in [9.17, 15) is 9.59 Å². The summed E-state index contributed by atoms with van der Waals surface area (Å²) >= 11 is 0. The second kappa shape index (κ2) is 5.59. The van der Waals surface area contributed by atoms with Crippen molar-refractivity contribution in [3.8, 4) is 0 Å². The van der Waals surface area contributed by atoms with Crippen molar-refractivity contribution in [3.63, 3.8) is 0 Å². The Hall–Kier alpha value is -1.95. The summed E-state index contributed by atoms with van der Waals surface area (Å²) in [6, 6.07) is 3.15. The van der Waals surface area contributed by atoms with Gasteiger partial charge in [-0.3, -0.25) is 14.6 Å². The van der Waals surface area contributed by atoms with E-state index in [1.54, 1.807) is 26.0 Å². The summed E-state index contributed by atoms with van der Waals surface area (Å²) in [5, 5.41) is 11.4. The molecule has 0 spiro atoms. The van der Waals surface area contributed by atoms with Crippen molar-refractivity contribution in [3.05, 3.63) is 29.6 Å². The lowest BCUT2D eigenvalue weighted by molar-refractivity contribution is -0.138. The average molecular weight is 251 g/mol. The Bertz CT molecular complexity index is 458. The van der Waals surface area contributed by atoms with Gasteiger partial charge in [-0.05, 0) is 26.0 Å². The molecular weight excluding hydrogens is 234 g/mol. The van der Waals surface area contributed by atoms with Crippen LogP contribution in [0.25, 0.3) is 0 Å². The Morgan fingerprint density at radius 3 is 2.72 bits per heavy atom. The minimum atomic E-state index is -0.960. The summed E-state index contributed by atoms with van der Waals surface area (Å²) in [6.07, 6.45) is 1.36. The van der Waals surface area contributed by atoms with Gasteiger partial charge in [-0.2, -0.15) is 0 Å². The standard InChI is InChI=1S/C12H17N3O3/c1-12(2,6-10(16)17)15-11(18)8-3-4-14-9(5-8)7-13/h3-5H,6-7,13H2,1-2H3,(H,15,18)(H,16,17). The van der Waals surface area contributed by atoms with Crippen LogP contribution in [-0.4, -0.2) is 27.5 Å². The van der Waals surface area contributed by atoms with Crippen molar-refractivity contribution in [2.24, 2.45) is 5.73 Å². The molecule has 98 valence electrons. The highest BCUT2D eigenvalue weighted by atomic mass is 16.4. The van der Waals surface area contributed by atoms with Gasteiger partial charge < -0.3 is 16.2 Å². The largest absolute Gasteiger partial charge is 0.481 e. The third-order valence-electron chi connectivity index (χ3n) is 2.33. The Balaban J connectivity index is 2.78. The molecule has 1 amide bonds. The number of nitrogens with one attached hydrogen (secondary N) is 1. The van der Waals surface area contributed by atoms with Crippen LogP contribution in [0.1, 0.15) is 36.3 Å². The van der Waals surface area contributed by atoms with Crippen LogP contribution in [0.2, 0.25) is 0 Å². The Labute approximate surface area is 105 Å². The summed E-state index contributed by atoms with van der Waals surface area (Å²) in [7, 11) is 0. The van der Waals surface area contributed by atoms with Crippen LogP contribution in [-0.2, 0) is 11.3 Å². The van der Waals surface area contributed by atoms with Gasteiger partial charge in [0.1, 0.15) is 0 Å². The molecule has 0 aliphatic heterocycles. The van der Waals surface area contributed by atoms with E-state index in [0.29, 0.717) is 11.3 Å². The van der Waals surface area contributed by atoms with Gasteiger partial charge in [0.05, 0.1) is 12.1 Å². The zero-order chi connectivity index (χ0) is 13.8. The molecule has 1 rings (SSSR count). The molecule has 1 aromatic heterocycles. The van der Waals surface area contributed by atoms with E-state index in [0.717, 1.165) is 0 Å². The number of hydrogen-bond acceptors (Lipinski definition) is 4. The van der Waals surface area contributed by atoms with E-state index in [-0.39, 0.29) is 18.9 Å². The minimum absolute atomic E-state index is 0.145. The molecule has 0 saturated heterocycles. The first kappa shape index (κ1) is 14.1. The van der Waals surface area contributed by atoms with Crippen molar-refractivity contribution in [1.29, 1.82) is 0 Å². The Morgan fingerprint density at radius 2 is 2.17 bits per heavy atom. The second-order valence-electron chi connectivity index (χ2n) is 4.65. The monoisotopic (exact) mass is 251 g/mol. The quantitative estimate of drug-likeness (QED) is 0.707. The highest BCUT2D eigenvalue weighted by Crippen LogP contribution is 2.10. The maximum Gasteiger partial charge on any atom is 0.305 e. The van der Waals surface area contributed by atoms with E-state index in [1.165, 1.54) is 6.20 Å². The summed E-state index contributed by atoms with van der Waals surface area (Å²) in [5.41, 5.74) is 5.66. The number of hydrogen-bond donors (Lipinski definition) is 3. The molecular formula is C12H17N3O3. The zero-order valence-corrected chi connectivity index (χ0v) is 10.4. The molecule has 0 bridgehead atoms. The van der Waals surface area contributed by atoms with Crippen LogP contribution >= 0.6 is 0 Å². The lowest BCUT2D eigenvalue weighted by Gasteiger charge is -2.24. The van der Waals surface area contributed by atoms with E-state index in [4.69, 9.17) is 10.8 Å². The summed E-state index contributed by atoms with van der Waals surface area (Å²) < 4.78 is 0. The molecule has 6 heteroatoms. The van der Waals surface area contributed by atoms with Gasteiger partial charge in [-0.15, -0.1) is 0 Å². The number of amides is 1. The van der Waals surface area contributed by atoms with Crippen molar-refractivity contribution in [1.82, 2.24) is 10.3 Å². The fourth-order valence-corrected chi connectivity index (χ4v) is 1.53. The predicted octanol–water partition coefficient (Wildman–Crippen LogP) is 0.523. The van der Waals surface area contributed by atoms with Crippen LogP contribution < -0.4 is 11.1 Å². The first-order valence-corrected chi connectivity index (χ1v) is 5.53. The van der Waals surface area contributed by atoms with Gasteiger partial charge in [0.2, 0.25) is 0 Å². The molecule has 6 nitrogen and oxygen atoms in total. The highest BCUT2D eigenvalue weighted by molar-refractivity contribution is 5.94. The number of rotatable bonds is 5. The number of carboxylic acids is 1. The number of nitrogens with two attached hydrogens (primary N) is 1. The molecule has 1 aromatic rings. The van der Waals surface area contributed by atoms with Crippen LogP contribution in [0.4, 0.5) is 0 Å². The Morgan fingerprint density at radius 1 is 1.50 bits per heavy atom. The Kier molecular flexibility index (Phi) is 4.38. The first-order chi connectivity index (χ1) is 8.34.